The molecule has 100 valence electrons. The lowest BCUT2D eigenvalue weighted by Gasteiger charge is -2.26. The van der Waals surface area contributed by atoms with Crippen LogP contribution in [0, 0.1) is 0 Å². The zero-order chi connectivity index (χ0) is 13.9. The Morgan fingerprint density at radius 1 is 1.58 bits per heavy atom. The van der Waals surface area contributed by atoms with E-state index in [0.29, 0.717) is 12.8 Å². The summed E-state index contributed by atoms with van der Waals surface area (Å²) in [6.07, 6.45) is 5.31. The lowest BCUT2D eigenvalue weighted by Crippen LogP contribution is -2.41. The minimum atomic E-state index is -2.06. The van der Waals surface area contributed by atoms with E-state index in [-0.39, 0.29) is 23.5 Å². The summed E-state index contributed by atoms with van der Waals surface area (Å²) in [5.74, 6) is -1.08. The van der Waals surface area contributed by atoms with Gasteiger partial charge in [-0.15, -0.1) is 0 Å². The largest absolute Gasteiger partial charge is 0.463 e. The van der Waals surface area contributed by atoms with Crippen LogP contribution in [0.25, 0.3) is 0 Å². The molecule has 0 aliphatic heterocycles. The summed E-state index contributed by atoms with van der Waals surface area (Å²) in [6.45, 7) is 1.77. The molecule has 0 bridgehead atoms. The van der Waals surface area contributed by atoms with Crippen molar-refractivity contribution in [1.82, 2.24) is 4.98 Å². The summed E-state index contributed by atoms with van der Waals surface area (Å²) in [4.78, 5) is 27.8. The first-order valence-corrected chi connectivity index (χ1v) is 6.14. The molecule has 1 unspecified atom stereocenters. The average Bonchev–Trinajstić information content (AvgIpc) is 2.86. The summed E-state index contributed by atoms with van der Waals surface area (Å²) in [7, 11) is 0. The average molecular weight is 261 g/mol. The van der Waals surface area contributed by atoms with Crippen LogP contribution in [0.4, 0.5) is 0 Å². The third-order valence-electron chi connectivity index (χ3n) is 3.06. The Bertz CT molecular complexity index is 524. The highest BCUT2D eigenvalue weighted by molar-refractivity contribution is 6.06. The van der Waals surface area contributed by atoms with Gasteiger partial charge in [0.2, 0.25) is 5.60 Å². The molecule has 5 heteroatoms. The van der Waals surface area contributed by atoms with Gasteiger partial charge in [-0.05, 0) is 19.4 Å². The van der Waals surface area contributed by atoms with Crippen LogP contribution in [-0.4, -0.2) is 28.4 Å². The van der Waals surface area contributed by atoms with Crippen molar-refractivity contribution in [1.29, 1.82) is 0 Å². The van der Waals surface area contributed by atoms with E-state index in [0.717, 1.165) is 0 Å². The molecule has 19 heavy (non-hydrogen) atoms. The second-order valence-electron chi connectivity index (χ2n) is 4.25. The molecule has 2 rings (SSSR count). The number of hydrogen-bond donors (Lipinski definition) is 1. The molecule has 5 nitrogen and oxygen atoms in total. The Hall–Kier alpha value is -2.01. The number of hydrogen-bond acceptors (Lipinski definition) is 5. The predicted molar refractivity (Wildman–Crippen MR) is 67.1 cm³/mol. The van der Waals surface area contributed by atoms with Crippen LogP contribution >= 0.6 is 0 Å². The van der Waals surface area contributed by atoms with Crippen LogP contribution in [0.3, 0.4) is 0 Å². The van der Waals surface area contributed by atoms with Crippen LogP contribution in [0.2, 0.25) is 0 Å². The molecule has 0 aromatic carbocycles. The van der Waals surface area contributed by atoms with Crippen molar-refractivity contribution >= 4 is 11.8 Å². The van der Waals surface area contributed by atoms with Gasteiger partial charge in [-0.2, -0.15) is 0 Å². The van der Waals surface area contributed by atoms with Gasteiger partial charge >= 0.3 is 5.97 Å². The fraction of sp³-hybridized carbons (Fsp3) is 0.357. The summed E-state index contributed by atoms with van der Waals surface area (Å²) in [5.41, 5.74) is -1.73. The number of rotatable bonds is 4. The molecule has 0 saturated carbocycles. The van der Waals surface area contributed by atoms with Gasteiger partial charge in [0.25, 0.3) is 0 Å². The summed E-state index contributed by atoms with van der Waals surface area (Å²) in [6, 6.07) is 3.15. The van der Waals surface area contributed by atoms with E-state index in [1.807, 2.05) is 0 Å². The molecule has 1 heterocycles. The van der Waals surface area contributed by atoms with Gasteiger partial charge in [0.05, 0.1) is 6.61 Å². The van der Waals surface area contributed by atoms with Gasteiger partial charge in [-0.25, -0.2) is 4.79 Å². The van der Waals surface area contributed by atoms with E-state index in [9.17, 15) is 14.7 Å². The van der Waals surface area contributed by atoms with Gasteiger partial charge in [0.15, 0.2) is 5.78 Å². The lowest BCUT2D eigenvalue weighted by molar-refractivity contribution is -0.163. The topological polar surface area (TPSA) is 76.5 Å². The second kappa shape index (κ2) is 5.32. The maximum absolute atomic E-state index is 12.1. The molecule has 0 amide bonds. The monoisotopic (exact) mass is 261 g/mol. The fourth-order valence-electron chi connectivity index (χ4n) is 2.14. The molecule has 1 aliphatic rings. The molecule has 1 N–H and O–H groups in total. The van der Waals surface area contributed by atoms with Gasteiger partial charge in [0.1, 0.15) is 0 Å². The molecule has 0 fully saturated rings. The van der Waals surface area contributed by atoms with Crippen LogP contribution < -0.4 is 0 Å². The minimum absolute atomic E-state index is 0.0824. The van der Waals surface area contributed by atoms with Crippen molar-refractivity contribution in [3.63, 3.8) is 0 Å². The molecule has 1 aliphatic carbocycles. The van der Waals surface area contributed by atoms with Gasteiger partial charge in [0, 0.05) is 30.0 Å². The normalized spacial score (nSPS) is 17.8. The molecule has 0 saturated heterocycles. The van der Waals surface area contributed by atoms with Gasteiger partial charge in [-0.3, -0.25) is 9.78 Å². The summed E-state index contributed by atoms with van der Waals surface area (Å²) < 4.78 is 4.91. The fourth-order valence-corrected chi connectivity index (χ4v) is 2.14. The number of aromatic nitrogens is 1. The van der Waals surface area contributed by atoms with Crippen molar-refractivity contribution in [2.75, 3.05) is 6.61 Å². The maximum Gasteiger partial charge on any atom is 0.347 e. The number of nitrogens with zero attached hydrogens (tertiary/aromatic N) is 1. The number of allylic oxidation sites excluding steroid dienone is 1. The highest BCUT2D eigenvalue weighted by Crippen LogP contribution is 2.35. The number of Topliss-reactive ketones (excluding diaryl/α,β-unsaturated/α-hetero) is 1. The Morgan fingerprint density at radius 2 is 2.37 bits per heavy atom. The first kappa shape index (κ1) is 13.4. The first-order chi connectivity index (χ1) is 9.10. The number of carbonyl (C=O) groups is 2. The number of esters is 1. The van der Waals surface area contributed by atoms with Crippen LogP contribution in [0.5, 0.6) is 0 Å². The zero-order valence-corrected chi connectivity index (χ0v) is 10.6. The van der Waals surface area contributed by atoms with E-state index in [4.69, 9.17) is 4.74 Å². The van der Waals surface area contributed by atoms with Crippen LogP contribution in [0.1, 0.15) is 25.3 Å². The number of aliphatic hydroxyl groups is 1. The highest BCUT2D eigenvalue weighted by Gasteiger charge is 2.47. The predicted octanol–water partition coefficient (Wildman–Crippen LogP) is 1.12. The molecular weight excluding hydrogens is 246 g/mol. The van der Waals surface area contributed by atoms with Crippen molar-refractivity contribution in [3.8, 4) is 0 Å². The maximum atomic E-state index is 12.1. The van der Waals surface area contributed by atoms with Crippen molar-refractivity contribution in [2.24, 2.45) is 0 Å². The quantitative estimate of drug-likeness (QED) is 0.822. The Morgan fingerprint density at radius 3 is 2.89 bits per heavy atom. The third-order valence-corrected chi connectivity index (χ3v) is 3.06. The number of ether oxygens (including phenoxy) is 1. The third kappa shape index (κ3) is 2.29. The van der Waals surface area contributed by atoms with E-state index in [1.54, 1.807) is 25.1 Å². The smallest absolute Gasteiger partial charge is 0.347 e. The Kier molecular flexibility index (Phi) is 3.76. The SMILES string of the molecule is CCOC(=O)C(O)(C1=CCCC1=O)c1cccnc1. The molecule has 1 aromatic rings. The Balaban J connectivity index is 2.50. The van der Waals surface area contributed by atoms with E-state index in [2.05, 4.69) is 4.98 Å². The number of pyridine rings is 1. The Labute approximate surface area is 110 Å². The molecule has 0 spiro atoms. The zero-order valence-electron chi connectivity index (χ0n) is 10.6. The van der Waals surface area contributed by atoms with Gasteiger partial charge < -0.3 is 9.84 Å². The molecule has 1 aromatic heterocycles. The molecule has 1 atom stereocenters. The number of ketones is 1. The van der Waals surface area contributed by atoms with E-state index < -0.39 is 11.6 Å². The van der Waals surface area contributed by atoms with Crippen molar-refractivity contribution < 1.29 is 19.4 Å². The lowest BCUT2D eigenvalue weighted by atomic mass is 9.86. The van der Waals surface area contributed by atoms with Crippen molar-refractivity contribution in [2.45, 2.75) is 25.4 Å². The standard InChI is InChI=1S/C14H15NO4/c1-2-19-13(17)14(18,10-5-4-8-15-9-10)11-6-3-7-12(11)16/h4-6,8-9,18H,2-3,7H2,1H3. The highest BCUT2D eigenvalue weighted by atomic mass is 16.5. The van der Waals surface area contributed by atoms with Crippen LogP contribution in [-0.2, 0) is 19.9 Å². The van der Waals surface area contributed by atoms with E-state index in [1.165, 1.54) is 12.4 Å². The number of carbonyl (C=O) groups excluding carboxylic acids is 2. The van der Waals surface area contributed by atoms with E-state index >= 15 is 0 Å². The summed E-state index contributed by atoms with van der Waals surface area (Å²) in [5, 5.41) is 10.7. The molecular formula is C14H15NO4. The summed E-state index contributed by atoms with van der Waals surface area (Å²) >= 11 is 0. The minimum Gasteiger partial charge on any atom is -0.463 e. The molecule has 0 radical (unpaired) electrons. The van der Waals surface area contributed by atoms with Crippen LogP contribution in [0.15, 0.2) is 36.2 Å². The van der Waals surface area contributed by atoms with Crippen molar-refractivity contribution in [3.05, 3.63) is 41.7 Å². The second-order valence-corrected chi connectivity index (χ2v) is 4.25. The van der Waals surface area contributed by atoms with Gasteiger partial charge in [-0.1, -0.05) is 12.1 Å². The first-order valence-electron chi connectivity index (χ1n) is 6.14.